The molecule has 0 fully saturated rings. The highest BCUT2D eigenvalue weighted by Crippen LogP contribution is 2.32. The molecular formula is C25H25F3N2O2. The highest BCUT2D eigenvalue weighted by molar-refractivity contribution is 5.89. The van der Waals surface area contributed by atoms with Crippen molar-refractivity contribution in [1.82, 2.24) is 4.98 Å². The molecule has 0 aliphatic carbocycles. The van der Waals surface area contributed by atoms with Crippen molar-refractivity contribution in [2.75, 3.05) is 5.32 Å². The quantitative estimate of drug-likeness (QED) is 0.415. The second kappa shape index (κ2) is 9.42. The van der Waals surface area contributed by atoms with Crippen molar-refractivity contribution in [3.05, 3.63) is 83.0 Å². The molecule has 0 aliphatic rings. The van der Waals surface area contributed by atoms with Crippen molar-refractivity contribution in [3.8, 4) is 11.1 Å². The lowest BCUT2D eigenvalue weighted by Crippen LogP contribution is -2.15. The first-order valence-electron chi connectivity index (χ1n) is 10.3. The summed E-state index contributed by atoms with van der Waals surface area (Å²) in [6.07, 6.45) is -3.53. The number of carboxylic acids is 1. The van der Waals surface area contributed by atoms with E-state index in [4.69, 9.17) is 0 Å². The number of nitrogens with zero attached hydrogens (tertiary/aromatic N) is 1. The fourth-order valence-corrected chi connectivity index (χ4v) is 3.56. The van der Waals surface area contributed by atoms with Crippen LogP contribution < -0.4 is 5.32 Å². The van der Waals surface area contributed by atoms with Gasteiger partial charge < -0.3 is 10.4 Å². The summed E-state index contributed by atoms with van der Waals surface area (Å²) < 4.78 is 38.4. The minimum absolute atomic E-state index is 0.0563. The smallest absolute Gasteiger partial charge is 0.416 e. The van der Waals surface area contributed by atoms with Gasteiger partial charge in [0.15, 0.2) is 0 Å². The summed E-state index contributed by atoms with van der Waals surface area (Å²) in [7, 11) is 0. The molecule has 1 atom stereocenters. The summed E-state index contributed by atoms with van der Waals surface area (Å²) in [4.78, 5) is 15.6. The summed E-state index contributed by atoms with van der Waals surface area (Å²) in [5, 5.41) is 12.6. The Labute approximate surface area is 185 Å². The highest BCUT2D eigenvalue weighted by atomic mass is 19.4. The highest BCUT2D eigenvalue weighted by Gasteiger charge is 2.30. The van der Waals surface area contributed by atoms with Crippen LogP contribution in [0, 0.1) is 12.8 Å². The molecule has 7 heteroatoms. The number of aromatic carboxylic acids is 1. The Kier molecular flexibility index (Phi) is 6.87. The van der Waals surface area contributed by atoms with Crippen molar-refractivity contribution in [1.29, 1.82) is 0 Å². The molecule has 0 aliphatic heterocycles. The molecule has 3 rings (SSSR count). The van der Waals surface area contributed by atoms with Gasteiger partial charge in [-0.3, -0.25) is 0 Å². The number of hydrogen-bond donors (Lipinski definition) is 2. The number of hydrogen-bond acceptors (Lipinski definition) is 3. The van der Waals surface area contributed by atoms with Gasteiger partial charge in [-0.1, -0.05) is 50.2 Å². The molecule has 2 N–H and O–H groups in total. The van der Waals surface area contributed by atoms with E-state index in [0.29, 0.717) is 23.0 Å². The Bertz CT molecular complexity index is 1080. The molecule has 0 bridgehead atoms. The first kappa shape index (κ1) is 23.3. The molecule has 0 saturated carbocycles. The van der Waals surface area contributed by atoms with E-state index in [0.717, 1.165) is 29.7 Å². The van der Waals surface area contributed by atoms with Gasteiger partial charge in [-0.25, -0.2) is 9.78 Å². The van der Waals surface area contributed by atoms with Crippen LogP contribution in [0.2, 0.25) is 0 Å². The van der Waals surface area contributed by atoms with E-state index in [1.54, 1.807) is 13.0 Å². The maximum Gasteiger partial charge on any atom is 0.416 e. The fraction of sp³-hybridized carbons (Fsp3) is 0.280. The van der Waals surface area contributed by atoms with Crippen molar-refractivity contribution in [2.24, 2.45) is 5.92 Å². The topological polar surface area (TPSA) is 62.2 Å². The predicted octanol–water partition coefficient (Wildman–Crippen LogP) is 6.97. The average Bonchev–Trinajstić information content (AvgIpc) is 2.72. The van der Waals surface area contributed by atoms with Crippen LogP contribution in [0.4, 0.5) is 19.0 Å². The molecule has 3 aromatic rings. The fourth-order valence-electron chi connectivity index (χ4n) is 3.56. The van der Waals surface area contributed by atoms with Gasteiger partial charge in [-0.2, -0.15) is 13.2 Å². The van der Waals surface area contributed by atoms with E-state index in [9.17, 15) is 23.1 Å². The van der Waals surface area contributed by atoms with Gasteiger partial charge >= 0.3 is 12.1 Å². The first-order chi connectivity index (χ1) is 15.0. The number of halogens is 3. The van der Waals surface area contributed by atoms with Gasteiger partial charge in [0.05, 0.1) is 22.9 Å². The van der Waals surface area contributed by atoms with Crippen LogP contribution in [0.3, 0.4) is 0 Å². The zero-order valence-electron chi connectivity index (χ0n) is 18.1. The Morgan fingerprint density at radius 3 is 2.00 bits per heavy atom. The van der Waals surface area contributed by atoms with Crippen LogP contribution in [0.1, 0.15) is 53.5 Å². The molecule has 1 aromatic heterocycles. The lowest BCUT2D eigenvalue weighted by Gasteiger charge is -2.22. The molecular weight excluding hydrogens is 417 g/mol. The lowest BCUT2D eigenvalue weighted by atomic mass is 9.94. The van der Waals surface area contributed by atoms with E-state index in [2.05, 4.69) is 24.1 Å². The van der Waals surface area contributed by atoms with E-state index in [1.165, 1.54) is 18.2 Å². The molecule has 168 valence electrons. The van der Waals surface area contributed by atoms with E-state index >= 15 is 0 Å². The Morgan fingerprint density at radius 2 is 1.53 bits per heavy atom. The average molecular weight is 442 g/mol. The number of aromatic nitrogens is 1. The number of benzene rings is 2. The minimum Gasteiger partial charge on any atom is -0.478 e. The monoisotopic (exact) mass is 442 g/mol. The van der Waals surface area contributed by atoms with Gasteiger partial charge in [0.2, 0.25) is 0 Å². The van der Waals surface area contributed by atoms with Gasteiger partial charge in [0.25, 0.3) is 0 Å². The summed E-state index contributed by atoms with van der Waals surface area (Å²) in [5.41, 5.74) is 2.47. The van der Waals surface area contributed by atoms with E-state index in [1.807, 2.05) is 24.3 Å². The van der Waals surface area contributed by atoms with Crippen LogP contribution in [0.25, 0.3) is 11.1 Å². The molecule has 0 saturated heterocycles. The third kappa shape index (κ3) is 5.66. The largest absolute Gasteiger partial charge is 0.478 e. The number of anilines is 1. The molecule has 4 nitrogen and oxygen atoms in total. The van der Waals surface area contributed by atoms with Gasteiger partial charge in [-0.05, 0) is 60.2 Å². The lowest BCUT2D eigenvalue weighted by molar-refractivity contribution is -0.137. The first-order valence-corrected chi connectivity index (χ1v) is 10.3. The second-order valence-electron chi connectivity index (χ2n) is 8.16. The normalized spacial score (nSPS) is 12.6. The number of aryl methyl sites for hydroxylation is 1. The number of rotatable bonds is 7. The molecule has 0 spiro atoms. The minimum atomic E-state index is -4.35. The maximum absolute atomic E-state index is 12.8. The number of carboxylic acid groups (broad SMARTS) is 1. The van der Waals surface area contributed by atoms with Gasteiger partial charge in [0.1, 0.15) is 5.82 Å². The Balaban J connectivity index is 1.82. The standard InChI is InChI=1S/C25H25F3N2O2/c1-15(2)14-22(30-23-13-12-21(24(31)32)16(3)29-23)19-6-4-17(5-7-19)18-8-10-20(11-9-18)25(26,27)28/h4-13,15,22H,14H2,1-3H3,(H,29,30)(H,31,32). The van der Waals surface area contributed by atoms with Gasteiger partial charge in [0, 0.05) is 0 Å². The zero-order chi connectivity index (χ0) is 23.5. The number of alkyl halides is 3. The van der Waals surface area contributed by atoms with Crippen LogP contribution in [-0.4, -0.2) is 16.1 Å². The summed E-state index contributed by atoms with van der Waals surface area (Å²) >= 11 is 0. The summed E-state index contributed by atoms with van der Waals surface area (Å²) in [5.74, 6) is -0.0365. The SMILES string of the molecule is Cc1nc(NC(CC(C)C)c2ccc(-c3ccc(C(F)(F)F)cc3)cc2)ccc1C(=O)O. The van der Waals surface area contributed by atoms with Crippen LogP contribution in [0.15, 0.2) is 60.7 Å². The number of nitrogens with one attached hydrogen (secondary N) is 1. The number of carbonyl (C=O) groups is 1. The maximum atomic E-state index is 12.8. The second-order valence-corrected chi connectivity index (χ2v) is 8.16. The number of pyridine rings is 1. The zero-order valence-corrected chi connectivity index (χ0v) is 18.1. The van der Waals surface area contributed by atoms with Crippen LogP contribution >= 0.6 is 0 Å². The summed E-state index contributed by atoms with van der Waals surface area (Å²) in [6.45, 7) is 5.87. The van der Waals surface area contributed by atoms with Crippen molar-refractivity contribution in [2.45, 2.75) is 39.4 Å². The van der Waals surface area contributed by atoms with E-state index in [-0.39, 0.29) is 11.6 Å². The van der Waals surface area contributed by atoms with E-state index < -0.39 is 17.7 Å². The molecule has 1 unspecified atom stereocenters. The molecule has 32 heavy (non-hydrogen) atoms. The predicted molar refractivity (Wildman–Crippen MR) is 119 cm³/mol. The molecule has 1 heterocycles. The van der Waals surface area contributed by atoms with Crippen molar-refractivity contribution in [3.63, 3.8) is 0 Å². The molecule has 0 radical (unpaired) electrons. The molecule has 0 amide bonds. The van der Waals surface area contributed by atoms with Crippen molar-refractivity contribution < 1.29 is 23.1 Å². The Hall–Kier alpha value is -3.35. The van der Waals surface area contributed by atoms with Crippen LogP contribution in [0.5, 0.6) is 0 Å². The third-order valence-corrected chi connectivity index (χ3v) is 5.20. The Morgan fingerprint density at radius 1 is 0.969 bits per heavy atom. The summed E-state index contributed by atoms with van der Waals surface area (Å²) in [6, 6.07) is 15.9. The van der Waals surface area contributed by atoms with Crippen LogP contribution in [-0.2, 0) is 6.18 Å². The third-order valence-electron chi connectivity index (χ3n) is 5.20. The molecule has 2 aromatic carbocycles. The van der Waals surface area contributed by atoms with Gasteiger partial charge in [-0.15, -0.1) is 0 Å². The van der Waals surface area contributed by atoms with Crippen molar-refractivity contribution >= 4 is 11.8 Å².